The molecule has 26 heavy (non-hydrogen) atoms. The Morgan fingerprint density at radius 3 is 1.12 bits per heavy atom. The summed E-state index contributed by atoms with van der Waals surface area (Å²) in [5, 5.41) is 8.52. The molecule has 5 heteroatoms. The molecule has 0 aromatic rings. The molecule has 0 rings (SSSR count). The summed E-state index contributed by atoms with van der Waals surface area (Å²) in [6.45, 7) is 2.27. The molecule has 0 unspecified atom stereocenters. The van der Waals surface area contributed by atoms with Crippen molar-refractivity contribution in [3.63, 3.8) is 0 Å². The molecule has 0 saturated heterocycles. The molecule has 0 aliphatic heterocycles. The Morgan fingerprint density at radius 1 is 0.654 bits per heavy atom. The van der Waals surface area contributed by atoms with Crippen molar-refractivity contribution < 1.29 is 9.90 Å². The van der Waals surface area contributed by atoms with Gasteiger partial charge in [0.15, 0.2) is 0 Å². The number of carboxylic acid groups (broad SMARTS) is 1. The molecule has 0 spiro atoms. The zero-order valence-corrected chi connectivity index (χ0v) is 19.0. The molecular weight excluding hydrogens is 348 g/mol. The van der Waals surface area contributed by atoms with E-state index in [4.69, 9.17) is 5.11 Å². The second kappa shape index (κ2) is 29.4. The summed E-state index contributed by atoms with van der Waals surface area (Å²) in [5.74, 6) is -0.653. The van der Waals surface area contributed by atoms with Gasteiger partial charge in [0.1, 0.15) is 0 Å². The maximum Gasteiger partial charge on any atom is 0.303 e. The first-order valence-corrected chi connectivity index (χ1v) is 10.3. The van der Waals surface area contributed by atoms with Gasteiger partial charge in [-0.05, 0) is 27.6 Å². The van der Waals surface area contributed by atoms with Crippen LogP contribution in [0.5, 0.6) is 0 Å². The average Bonchev–Trinajstić information content (AvgIpc) is 2.50. The average molecular weight is 397 g/mol. The smallest absolute Gasteiger partial charge is 0.303 e. The van der Waals surface area contributed by atoms with Crippen molar-refractivity contribution in [1.29, 1.82) is 0 Å². The molecule has 0 heterocycles. The summed E-state index contributed by atoms with van der Waals surface area (Å²) in [6, 6.07) is 0. The number of hydrogen-bond acceptors (Lipinski definition) is 3. The number of unbranched alkanes of at least 4 members (excludes halogenated alkanes) is 14. The molecule has 162 valence electrons. The van der Waals surface area contributed by atoms with E-state index in [1.807, 2.05) is 26.0 Å². The van der Waals surface area contributed by atoms with Crippen molar-refractivity contribution in [2.75, 3.05) is 21.1 Å². The summed E-state index contributed by atoms with van der Waals surface area (Å²) < 4.78 is 0. The minimum absolute atomic E-state index is 0. The predicted molar refractivity (Wildman–Crippen MR) is 119 cm³/mol. The van der Waals surface area contributed by atoms with Crippen molar-refractivity contribution in [3.05, 3.63) is 0 Å². The van der Waals surface area contributed by atoms with Gasteiger partial charge in [-0.25, -0.2) is 0 Å². The van der Waals surface area contributed by atoms with Gasteiger partial charge in [-0.1, -0.05) is 96.8 Å². The van der Waals surface area contributed by atoms with Crippen LogP contribution in [0, 0.1) is 0 Å². The molecule has 0 saturated carbocycles. The van der Waals surface area contributed by atoms with Crippen molar-refractivity contribution in [1.82, 2.24) is 11.1 Å². The third kappa shape index (κ3) is 43.8. The van der Waals surface area contributed by atoms with Gasteiger partial charge in [0.2, 0.25) is 0 Å². The zero-order valence-electron chi connectivity index (χ0n) is 18.2. The van der Waals surface area contributed by atoms with Crippen molar-refractivity contribution >= 4 is 18.4 Å². The summed E-state index contributed by atoms with van der Waals surface area (Å²) in [5.41, 5.74) is 0. The normalized spacial score (nSPS) is 9.73. The lowest BCUT2D eigenvalue weighted by molar-refractivity contribution is -0.137. The van der Waals surface area contributed by atoms with Gasteiger partial charge in [0.05, 0.1) is 0 Å². The van der Waals surface area contributed by atoms with Crippen LogP contribution in [0.15, 0.2) is 0 Å². The van der Waals surface area contributed by atoms with Gasteiger partial charge < -0.3 is 16.2 Å². The highest BCUT2D eigenvalue weighted by Crippen LogP contribution is 2.13. The number of hydrogen-bond donors (Lipinski definition) is 2. The number of halogens is 1. The molecule has 0 aromatic carbocycles. The molecule has 0 aliphatic rings. The summed E-state index contributed by atoms with van der Waals surface area (Å²) in [7, 11) is 6.00. The van der Waals surface area contributed by atoms with E-state index in [0.29, 0.717) is 6.42 Å². The van der Waals surface area contributed by atoms with Crippen LogP contribution in [0.3, 0.4) is 0 Å². The van der Waals surface area contributed by atoms with E-state index in [2.05, 4.69) is 6.92 Å². The Balaban J connectivity index is -0.000000363. The molecule has 0 fully saturated rings. The fraction of sp³-hybridized carbons (Fsp3) is 0.952. The molecule has 0 bridgehead atoms. The van der Waals surface area contributed by atoms with Crippen LogP contribution in [0.4, 0.5) is 0 Å². The van der Waals surface area contributed by atoms with E-state index in [1.54, 1.807) is 0 Å². The SMILES string of the molecule is CCCCCCCCCCCCCCCCCC(=O)O.CN(C)C.Cl.N. The predicted octanol–water partition coefficient (Wildman–Crippen LogP) is 7.09. The Labute approximate surface area is 170 Å². The van der Waals surface area contributed by atoms with Gasteiger partial charge in [-0.15, -0.1) is 12.4 Å². The molecular formula is C21H49ClN2O2. The highest BCUT2D eigenvalue weighted by molar-refractivity contribution is 5.85. The number of carboxylic acids is 1. The fourth-order valence-corrected chi connectivity index (χ4v) is 2.65. The van der Waals surface area contributed by atoms with Gasteiger partial charge in [-0.3, -0.25) is 4.79 Å². The number of aliphatic carboxylic acids is 1. The van der Waals surface area contributed by atoms with Crippen LogP contribution < -0.4 is 6.15 Å². The minimum Gasteiger partial charge on any atom is -0.481 e. The second-order valence-corrected chi connectivity index (χ2v) is 7.44. The van der Waals surface area contributed by atoms with Crippen molar-refractivity contribution in [2.45, 2.75) is 110 Å². The standard InChI is InChI=1S/C18H36O2.C3H9N.ClH.H3N/c1-2-3-4-5-6-7-8-9-10-11-12-13-14-15-16-17-18(19)20;1-4(2)3;;/h2-17H2,1H3,(H,19,20);1-3H3;1H;1H3. The second-order valence-electron chi connectivity index (χ2n) is 7.44. The third-order valence-corrected chi connectivity index (χ3v) is 3.99. The Hall–Kier alpha value is -0.320. The molecule has 0 aliphatic carbocycles. The number of rotatable bonds is 16. The van der Waals surface area contributed by atoms with E-state index < -0.39 is 5.97 Å². The molecule has 0 radical (unpaired) electrons. The third-order valence-electron chi connectivity index (χ3n) is 3.99. The van der Waals surface area contributed by atoms with E-state index in [-0.39, 0.29) is 18.6 Å². The lowest BCUT2D eigenvalue weighted by Crippen LogP contribution is -1.99. The van der Waals surface area contributed by atoms with E-state index >= 15 is 0 Å². The first-order valence-electron chi connectivity index (χ1n) is 10.3. The van der Waals surface area contributed by atoms with E-state index in [9.17, 15) is 4.79 Å². The monoisotopic (exact) mass is 396 g/mol. The molecule has 0 atom stereocenters. The minimum atomic E-state index is -0.653. The summed E-state index contributed by atoms with van der Waals surface area (Å²) in [6.07, 6.45) is 20.2. The van der Waals surface area contributed by atoms with Crippen LogP contribution in [0.25, 0.3) is 0 Å². The van der Waals surface area contributed by atoms with Crippen molar-refractivity contribution in [3.8, 4) is 0 Å². The van der Waals surface area contributed by atoms with E-state index in [0.717, 1.165) is 12.8 Å². The molecule has 0 aromatic heterocycles. The maximum atomic E-state index is 10.3. The Kier molecular flexibility index (Phi) is 37.7. The molecule has 4 N–H and O–H groups in total. The molecule has 0 amide bonds. The Morgan fingerprint density at radius 2 is 0.885 bits per heavy atom. The van der Waals surface area contributed by atoms with Crippen LogP contribution in [-0.2, 0) is 4.79 Å². The van der Waals surface area contributed by atoms with Crippen molar-refractivity contribution in [2.24, 2.45) is 0 Å². The number of nitrogens with zero attached hydrogens (tertiary/aromatic N) is 1. The van der Waals surface area contributed by atoms with Crippen LogP contribution >= 0.6 is 12.4 Å². The van der Waals surface area contributed by atoms with Gasteiger partial charge in [0.25, 0.3) is 0 Å². The topological polar surface area (TPSA) is 75.5 Å². The first kappa shape index (κ1) is 33.3. The number of carbonyl (C=O) groups is 1. The zero-order chi connectivity index (χ0) is 18.5. The van der Waals surface area contributed by atoms with Crippen LogP contribution in [-0.4, -0.2) is 37.1 Å². The lowest BCUT2D eigenvalue weighted by Gasteiger charge is -2.03. The summed E-state index contributed by atoms with van der Waals surface area (Å²) >= 11 is 0. The van der Waals surface area contributed by atoms with Crippen LogP contribution in [0.1, 0.15) is 110 Å². The maximum absolute atomic E-state index is 10.3. The first-order chi connectivity index (χ1) is 11.5. The van der Waals surface area contributed by atoms with Gasteiger partial charge in [0, 0.05) is 6.42 Å². The fourth-order valence-electron chi connectivity index (χ4n) is 2.65. The van der Waals surface area contributed by atoms with E-state index in [1.165, 1.54) is 83.5 Å². The Bertz CT molecular complexity index is 249. The summed E-state index contributed by atoms with van der Waals surface area (Å²) in [4.78, 5) is 12.3. The van der Waals surface area contributed by atoms with Crippen LogP contribution in [0.2, 0.25) is 0 Å². The lowest BCUT2D eigenvalue weighted by atomic mass is 10.0. The highest BCUT2D eigenvalue weighted by atomic mass is 35.5. The largest absolute Gasteiger partial charge is 0.481 e. The highest BCUT2D eigenvalue weighted by Gasteiger charge is 1.97. The quantitative estimate of drug-likeness (QED) is 0.273. The van der Waals surface area contributed by atoms with Gasteiger partial charge >= 0.3 is 5.97 Å². The molecule has 4 nitrogen and oxygen atoms in total. The van der Waals surface area contributed by atoms with Gasteiger partial charge in [-0.2, -0.15) is 0 Å².